The molecule has 1 aromatic rings. The number of ether oxygens (including phenoxy) is 4. The molecule has 1 unspecified atom stereocenters. The first-order valence-electron chi connectivity index (χ1n) is 15.7. The summed E-state index contributed by atoms with van der Waals surface area (Å²) in [5.41, 5.74) is -1.37. The van der Waals surface area contributed by atoms with Crippen molar-refractivity contribution in [3.8, 4) is 0 Å². The summed E-state index contributed by atoms with van der Waals surface area (Å²) in [5, 5.41) is 7.83. The van der Waals surface area contributed by atoms with Crippen molar-refractivity contribution in [1.29, 1.82) is 0 Å². The van der Waals surface area contributed by atoms with E-state index in [9.17, 15) is 24.0 Å². The van der Waals surface area contributed by atoms with Gasteiger partial charge in [0.05, 0.1) is 6.42 Å². The Balaban J connectivity index is 2.92. The molecule has 0 aliphatic heterocycles. The third-order valence-corrected chi connectivity index (χ3v) is 5.75. The van der Waals surface area contributed by atoms with E-state index in [-0.39, 0.29) is 26.1 Å². The predicted octanol–water partition coefficient (Wildman–Crippen LogP) is 5.06. The lowest BCUT2D eigenvalue weighted by Crippen LogP contribution is -2.48. The summed E-state index contributed by atoms with van der Waals surface area (Å²) in [5.74, 6) is -1.22. The fourth-order valence-electron chi connectivity index (χ4n) is 3.85. The summed E-state index contributed by atoms with van der Waals surface area (Å²) in [4.78, 5) is 64.8. The normalized spacial score (nSPS) is 12.3. The van der Waals surface area contributed by atoms with E-state index >= 15 is 0 Å². The predicted molar refractivity (Wildman–Crippen MR) is 173 cm³/mol. The maximum Gasteiger partial charge on any atom is 0.408 e. The molecular weight excluding hydrogens is 596 g/mol. The van der Waals surface area contributed by atoms with E-state index in [0.717, 1.165) is 5.56 Å². The molecule has 1 rings (SSSR count). The third-order valence-electron chi connectivity index (χ3n) is 5.75. The van der Waals surface area contributed by atoms with Crippen molar-refractivity contribution in [2.24, 2.45) is 0 Å². The molecule has 13 heteroatoms. The van der Waals surface area contributed by atoms with Gasteiger partial charge in [-0.3, -0.25) is 4.79 Å². The van der Waals surface area contributed by atoms with Gasteiger partial charge in [0.15, 0.2) is 0 Å². The number of amides is 4. The molecule has 0 saturated carbocycles. The Morgan fingerprint density at radius 2 is 1.20 bits per heavy atom. The van der Waals surface area contributed by atoms with E-state index in [4.69, 9.17) is 18.9 Å². The Morgan fingerprint density at radius 1 is 0.674 bits per heavy atom. The number of benzene rings is 1. The zero-order valence-electron chi connectivity index (χ0n) is 28.9. The van der Waals surface area contributed by atoms with Gasteiger partial charge in [-0.1, -0.05) is 30.3 Å². The van der Waals surface area contributed by atoms with Crippen LogP contribution in [-0.2, 0) is 35.1 Å². The molecule has 13 nitrogen and oxygen atoms in total. The first kappa shape index (κ1) is 40.0. The minimum Gasteiger partial charge on any atom is -0.459 e. The first-order chi connectivity index (χ1) is 21.2. The summed E-state index contributed by atoms with van der Waals surface area (Å²) in [7, 11) is 0. The molecule has 1 aromatic carbocycles. The van der Waals surface area contributed by atoms with Crippen LogP contribution in [-0.4, -0.2) is 84.1 Å². The number of nitrogens with one attached hydrogen (secondary N) is 3. The maximum atomic E-state index is 13.6. The Labute approximate surface area is 273 Å². The Morgan fingerprint density at radius 3 is 1.74 bits per heavy atom. The molecular formula is C33H54N4O9. The van der Waals surface area contributed by atoms with Gasteiger partial charge < -0.3 is 39.8 Å². The molecule has 0 aliphatic carbocycles. The van der Waals surface area contributed by atoms with Gasteiger partial charge in [0, 0.05) is 26.2 Å². The number of esters is 1. The van der Waals surface area contributed by atoms with Crippen LogP contribution < -0.4 is 16.0 Å². The number of hydrogen-bond acceptors (Lipinski definition) is 9. The van der Waals surface area contributed by atoms with Gasteiger partial charge in [-0.25, -0.2) is 19.2 Å². The van der Waals surface area contributed by atoms with Gasteiger partial charge in [0.2, 0.25) is 5.91 Å². The summed E-state index contributed by atoms with van der Waals surface area (Å²) < 4.78 is 21.3. The van der Waals surface area contributed by atoms with Crippen molar-refractivity contribution >= 4 is 30.2 Å². The SMILES string of the molecule is CC(C)(C)OC(=O)NCCCCCN(CCNC(=O)OC(C)(C)C)C(=O)CC(NC(=O)OC(C)(C)C)C(=O)OCc1ccccc1. The lowest BCUT2D eigenvalue weighted by Gasteiger charge is -2.27. The molecule has 0 aliphatic rings. The summed E-state index contributed by atoms with van der Waals surface area (Å²) in [6, 6.07) is 7.71. The number of nitrogens with zero attached hydrogens (tertiary/aromatic N) is 1. The average Bonchev–Trinajstić information content (AvgIpc) is 2.89. The van der Waals surface area contributed by atoms with Crippen molar-refractivity contribution in [3.05, 3.63) is 35.9 Å². The zero-order chi connectivity index (χ0) is 35.0. The van der Waals surface area contributed by atoms with Crippen LogP contribution in [0.15, 0.2) is 30.3 Å². The van der Waals surface area contributed by atoms with Gasteiger partial charge in [-0.2, -0.15) is 0 Å². The molecule has 46 heavy (non-hydrogen) atoms. The summed E-state index contributed by atoms with van der Waals surface area (Å²) in [6.07, 6.45) is -0.472. The van der Waals surface area contributed by atoms with Crippen LogP contribution in [0.2, 0.25) is 0 Å². The molecule has 1 atom stereocenters. The minimum atomic E-state index is -1.31. The standard InChI is InChI=1S/C33H54N4O9/c1-31(2,3)44-28(40)34-18-14-11-15-20-37(21-19-35-29(41)45-32(4,5)6)26(38)22-25(36-30(42)46-33(7,8)9)27(39)43-23-24-16-12-10-13-17-24/h10,12-13,16-17,25H,11,14-15,18-23H2,1-9H3,(H,34,40)(H,35,41)(H,36,42). The van der Waals surface area contributed by atoms with Crippen molar-refractivity contribution in [2.45, 2.75) is 117 Å². The van der Waals surface area contributed by atoms with Gasteiger partial charge in [0.1, 0.15) is 29.5 Å². The van der Waals surface area contributed by atoms with Gasteiger partial charge >= 0.3 is 24.2 Å². The minimum absolute atomic E-state index is 0.0405. The van der Waals surface area contributed by atoms with E-state index in [1.165, 1.54) is 4.90 Å². The van der Waals surface area contributed by atoms with E-state index < -0.39 is 53.0 Å². The van der Waals surface area contributed by atoms with Crippen LogP contribution in [0.25, 0.3) is 0 Å². The Hall–Kier alpha value is -4.03. The molecule has 4 amide bonds. The molecule has 0 aromatic heterocycles. The first-order valence-corrected chi connectivity index (χ1v) is 15.7. The van der Waals surface area contributed by atoms with Gasteiger partial charge in [0.25, 0.3) is 0 Å². The molecule has 0 heterocycles. The molecule has 0 radical (unpaired) electrons. The van der Waals surface area contributed by atoms with Crippen molar-refractivity contribution < 1.29 is 42.9 Å². The highest BCUT2D eigenvalue weighted by molar-refractivity contribution is 5.88. The van der Waals surface area contributed by atoms with Crippen molar-refractivity contribution in [2.75, 3.05) is 26.2 Å². The van der Waals surface area contributed by atoms with E-state index in [1.807, 2.05) is 6.07 Å². The van der Waals surface area contributed by atoms with E-state index in [1.54, 1.807) is 86.6 Å². The second-order valence-corrected chi connectivity index (χ2v) is 13.8. The van der Waals surface area contributed by atoms with Crippen molar-refractivity contribution in [1.82, 2.24) is 20.9 Å². The molecule has 3 N–H and O–H groups in total. The van der Waals surface area contributed by atoms with E-state index in [0.29, 0.717) is 32.4 Å². The largest absolute Gasteiger partial charge is 0.459 e. The fraction of sp³-hybridized carbons (Fsp3) is 0.667. The fourth-order valence-corrected chi connectivity index (χ4v) is 3.85. The Bertz CT molecular complexity index is 1120. The quantitative estimate of drug-likeness (QED) is 0.134. The second kappa shape index (κ2) is 18.8. The van der Waals surface area contributed by atoms with Crippen molar-refractivity contribution in [3.63, 3.8) is 0 Å². The molecule has 0 fully saturated rings. The van der Waals surface area contributed by atoms with Crippen LogP contribution in [0.1, 0.15) is 93.6 Å². The number of hydrogen-bond donors (Lipinski definition) is 3. The third kappa shape index (κ3) is 20.1. The van der Waals surface area contributed by atoms with Gasteiger partial charge in [-0.15, -0.1) is 0 Å². The van der Waals surface area contributed by atoms with E-state index in [2.05, 4.69) is 16.0 Å². The maximum absolute atomic E-state index is 13.6. The summed E-state index contributed by atoms with van der Waals surface area (Å²) >= 11 is 0. The number of alkyl carbamates (subject to hydrolysis) is 3. The van der Waals surface area contributed by atoms with Crippen LogP contribution in [0, 0.1) is 0 Å². The van der Waals surface area contributed by atoms with Crippen LogP contribution in [0.4, 0.5) is 14.4 Å². The van der Waals surface area contributed by atoms with Crippen LogP contribution >= 0.6 is 0 Å². The van der Waals surface area contributed by atoms with Crippen LogP contribution in [0.3, 0.4) is 0 Å². The number of unbranched alkanes of at least 4 members (excludes halogenated alkanes) is 2. The Kier molecular flexibility index (Phi) is 16.4. The number of carbonyl (C=O) groups excluding carboxylic acids is 5. The van der Waals surface area contributed by atoms with Crippen LogP contribution in [0.5, 0.6) is 0 Å². The highest BCUT2D eigenvalue weighted by atomic mass is 16.6. The highest BCUT2D eigenvalue weighted by Crippen LogP contribution is 2.12. The molecule has 260 valence electrons. The lowest BCUT2D eigenvalue weighted by atomic mass is 10.1. The summed E-state index contributed by atoms with van der Waals surface area (Å²) in [6.45, 7) is 16.5. The van der Waals surface area contributed by atoms with Gasteiger partial charge in [-0.05, 0) is 87.1 Å². The molecule has 0 saturated heterocycles. The second-order valence-electron chi connectivity index (χ2n) is 13.8. The number of rotatable bonds is 15. The topological polar surface area (TPSA) is 162 Å². The monoisotopic (exact) mass is 650 g/mol. The highest BCUT2D eigenvalue weighted by Gasteiger charge is 2.30. The molecule has 0 spiro atoms. The average molecular weight is 651 g/mol. The smallest absolute Gasteiger partial charge is 0.408 e. The molecule has 0 bridgehead atoms. The zero-order valence-corrected chi connectivity index (χ0v) is 28.9. The number of carbonyl (C=O) groups is 5. The lowest BCUT2D eigenvalue weighted by molar-refractivity contribution is -0.150.